The minimum Gasteiger partial charge on any atom is -0.404 e. The van der Waals surface area contributed by atoms with Crippen LogP contribution in [0.1, 0.15) is 52.7 Å². The molecule has 0 spiro atoms. The van der Waals surface area contributed by atoms with Gasteiger partial charge in [0.1, 0.15) is 11.5 Å². The normalized spacial score (nSPS) is 16.6. The fourth-order valence-corrected chi connectivity index (χ4v) is 4.55. The van der Waals surface area contributed by atoms with Crippen molar-refractivity contribution in [1.29, 1.82) is 0 Å². The molecule has 0 aliphatic rings. The summed E-state index contributed by atoms with van der Waals surface area (Å²) in [4.78, 5) is 19.7. The summed E-state index contributed by atoms with van der Waals surface area (Å²) in [7, 11) is -9.81. The molecule has 0 aliphatic carbocycles. The van der Waals surface area contributed by atoms with Crippen LogP contribution in [0.5, 0.6) is 11.5 Å². The van der Waals surface area contributed by atoms with Crippen LogP contribution in [-0.4, -0.2) is 9.79 Å². The van der Waals surface area contributed by atoms with Gasteiger partial charge in [-0.2, -0.15) is 4.31 Å². The van der Waals surface area contributed by atoms with Crippen LogP contribution < -0.4 is 9.05 Å². The largest absolute Gasteiger partial charge is 0.537 e. The van der Waals surface area contributed by atoms with Crippen LogP contribution in [0.3, 0.4) is 0 Å². The van der Waals surface area contributed by atoms with Crippen molar-refractivity contribution in [2.24, 2.45) is 0 Å². The van der Waals surface area contributed by atoms with Crippen molar-refractivity contribution in [3.8, 4) is 11.5 Å². The topological polar surface area (TPSA) is 102 Å². The summed E-state index contributed by atoms with van der Waals surface area (Å²) in [6.07, 6.45) is 0. The zero-order chi connectivity index (χ0) is 22.1. The van der Waals surface area contributed by atoms with E-state index in [9.17, 15) is 18.9 Å². The van der Waals surface area contributed by atoms with E-state index in [1.165, 1.54) is 24.3 Å². The van der Waals surface area contributed by atoms with Crippen LogP contribution in [0, 0.1) is 0 Å². The van der Waals surface area contributed by atoms with Gasteiger partial charge in [0.15, 0.2) is 0 Å². The van der Waals surface area contributed by atoms with Crippen molar-refractivity contribution >= 4 is 15.6 Å². The van der Waals surface area contributed by atoms with Gasteiger partial charge in [-0.3, -0.25) is 9.79 Å². The fraction of sp³-hybridized carbons (Fsp3) is 0.400. The summed E-state index contributed by atoms with van der Waals surface area (Å²) in [5, 5.41) is 0. The Hall–Kier alpha value is -1.62. The maximum Gasteiger partial charge on any atom is 0.537 e. The summed E-state index contributed by atoms with van der Waals surface area (Å²) >= 11 is 0. The van der Waals surface area contributed by atoms with Crippen molar-refractivity contribution in [2.75, 3.05) is 0 Å². The first-order valence-corrected chi connectivity index (χ1v) is 12.0. The Labute approximate surface area is 171 Å². The maximum atomic E-state index is 12.2. The number of phosphoric acid groups is 2. The number of benzene rings is 2. The van der Waals surface area contributed by atoms with Crippen molar-refractivity contribution in [1.82, 2.24) is 0 Å². The van der Waals surface area contributed by atoms with E-state index in [1.54, 1.807) is 24.3 Å². The van der Waals surface area contributed by atoms with Crippen molar-refractivity contribution in [3.05, 3.63) is 59.7 Å². The van der Waals surface area contributed by atoms with Gasteiger partial charge in [0.2, 0.25) is 0 Å². The predicted octanol–water partition coefficient (Wildman–Crippen LogP) is 5.96. The molecule has 0 heterocycles. The number of rotatable bonds is 6. The van der Waals surface area contributed by atoms with E-state index in [4.69, 9.17) is 9.05 Å². The third-order valence-corrected chi connectivity index (χ3v) is 6.62. The molecule has 0 amide bonds. The molecule has 0 bridgehead atoms. The SMILES string of the molecule is CC(C)(C)c1ccc(OP(=O)(O)OP(=O)(O)Oc2ccc(C(C)(C)C)cc2)cc1. The fourth-order valence-electron chi connectivity index (χ4n) is 2.46. The Balaban J connectivity index is 2.06. The molecule has 0 saturated heterocycles. The van der Waals surface area contributed by atoms with Crippen molar-refractivity contribution < 1.29 is 32.3 Å². The lowest BCUT2D eigenvalue weighted by atomic mass is 9.87. The Morgan fingerprint density at radius 3 is 1.14 bits per heavy atom. The Bertz CT molecular complexity index is 846. The zero-order valence-corrected chi connectivity index (χ0v) is 19.2. The molecule has 0 saturated carbocycles. The summed E-state index contributed by atoms with van der Waals surface area (Å²) in [6, 6.07) is 12.9. The highest BCUT2D eigenvalue weighted by Crippen LogP contribution is 2.59. The number of hydrogen-bond donors (Lipinski definition) is 2. The molecule has 9 heteroatoms. The van der Waals surface area contributed by atoms with E-state index in [2.05, 4.69) is 4.31 Å². The van der Waals surface area contributed by atoms with Gasteiger partial charge in [0.05, 0.1) is 0 Å². The van der Waals surface area contributed by atoms with E-state index < -0.39 is 15.6 Å². The van der Waals surface area contributed by atoms with Crippen molar-refractivity contribution in [2.45, 2.75) is 52.4 Å². The maximum absolute atomic E-state index is 12.2. The lowest BCUT2D eigenvalue weighted by Crippen LogP contribution is -2.10. The van der Waals surface area contributed by atoms with Crippen molar-refractivity contribution in [3.63, 3.8) is 0 Å². The molecule has 0 aliphatic heterocycles. The van der Waals surface area contributed by atoms with E-state index >= 15 is 0 Å². The average molecular weight is 442 g/mol. The third-order valence-electron chi connectivity index (χ3n) is 4.09. The van der Waals surface area contributed by atoms with E-state index in [-0.39, 0.29) is 22.3 Å². The zero-order valence-electron chi connectivity index (χ0n) is 17.4. The minimum atomic E-state index is -4.90. The second-order valence-corrected chi connectivity index (χ2v) is 11.6. The monoisotopic (exact) mass is 442 g/mol. The molecule has 2 unspecified atom stereocenters. The van der Waals surface area contributed by atoms with Gasteiger partial charge in [0, 0.05) is 0 Å². The third kappa shape index (κ3) is 7.29. The van der Waals surface area contributed by atoms with Gasteiger partial charge >= 0.3 is 15.6 Å². The predicted molar refractivity (Wildman–Crippen MR) is 112 cm³/mol. The molecule has 160 valence electrons. The second kappa shape index (κ2) is 8.25. The van der Waals surface area contributed by atoms with Gasteiger partial charge in [-0.05, 0) is 46.2 Å². The first-order valence-electron chi connectivity index (χ1n) is 9.05. The molecule has 29 heavy (non-hydrogen) atoms. The second-order valence-electron chi connectivity index (χ2n) is 8.75. The van der Waals surface area contributed by atoms with E-state index in [0.717, 1.165) is 11.1 Å². The molecule has 2 atom stereocenters. The lowest BCUT2D eigenvalue weighted by molar-refractivity contribution is 0.234. The standard InChI is InChI=1S/C20H28O7P2/c1-19(2,3)15-7-11-17(12-8-15)25-28(21,22)27-29(23,24)26-18-13-9-16(10-14-18)20(4,5)6/h7-14H,1-6H3,(H,21,22)(H,23,24). The molecule has 2 N–H and O–H groups in total. The molecule has 0 radical (unpaired) electrons. The lowest BCUT2D eigenvalue weighted by Gasteiger charge is -2.21. The van der Waals surface area contributed by atoms with Gasteiger partial charge in [-0.25, -0.2) is 9.13 Å². The highest BCUT2D eigenvalue weighted by atomic mass is 31.3. The van der Waals surface area contributed by atoms with Crippen LogP contribution >= 0.6 is 15.6 Å². The summed E-state index contributed by atoms with van der Waals surface area (Å²) in [6.45, 7) is 12.1. The van der Waals surface area contributed by atoms with Crippen LogP contribution in [0.15, 0.2) is 48.5 Å². The molecule has 2 aromatic rings. The summed E-state index contributed by atoms with van der Waals surface area (Å²) < 4.78 is 38.5. The number of hydrogen-bond acceptors (Lipinski definition) is 5. The number of phosphoric ester groups is 2. The minimum absolute atomic E-state index is 0.0263. The first kappa shape index (κ1) is 23.7. The van der Waals surface area contributed by atoms with Gasteiger partial charge in [-0.15, -0.1) is 0 Å². The molecule has 0 aromatic heterocycles. The van der Waals surface area contributed by atoms with Crippen LogP contribution in [0.25, 0.3) is 0 Å². The Morgan fingerprint density at radius 2 is 0.897 bits per heavy atom. The molecule has 2 rings (SSSR count). The molecular weight excluding hydrogens is 414 g/mol. The van der Waals surface area contributed by atoms with Gasteiger partial charge < -0.3 is 9.05 Å². The van der Waals surface area contributed by atoms with Crippen LogP contribution in [0.4, 0.5) is 0 Å². The molecule has 2 aromatic carbocycles. The molecule has 0 fully saturated rings. The van der Waals surface area contributed by atoms with E-state index in [0.29, 0.717) is 0 Å². The Morgan fingerprint density at radius 1 is 0.621 bits per heavy atom. The first-order chi connectivity index (χ1) is 13.1. The molecule has 7 nitrogen and oxygen atoms in total. The molecular formula is C20H28O7P2. The van der Waals surface area contributed by atoms with Crippen LogP contribution in [0.2, 0.25) is 0 Å². The average Bonchev–Trinajstić information content (AvgIpc) is 2.52. The van der Waals surface area contributed by atoms with Crippen LogP contribution in [-0.2, 0) is 24.3 Å². The van der Waals surface area contributed by atoms with E-state index in [1.807, 2.05) is 41.5 Å². The Kier molecular flexibility index (Phi) is 6.73. The summed E-state index contributed by atoms with van der Waals surface area (Å²) in [5.41, 5.74) is 1.78. The summed E-state index contributed by atoms with van der Waals surface area (Å²) in [5.74, 6) is 0.0525. The highest BCUT2D eigenvalue weighted by molar-refractivity contribution is 7.61. The quantitative estimate of drug-likeness (QED) is 0.533. The van der Waals surface area contributed by atoms with Gasteiger partial charge in [-0.1, -0.05) is 65.8 Å². The highest BCUT2D eigenvalue weighted by Gasteiger charge is 2.38. The smallest absolute Gasteiger partial charge is 0.404 e. The van der Waals surface area contributed by atoms with Gasteiger partial charge in [0.25, 0.3) is 0 Å².